The van der Waals surface area contributed by atoms with Crippen molar-refractivity contribution in [1.82, 2.24) is 4.57 Å². The maximum atomic E-state index is 13.6. The predicted molar refractivity (Wildman–Crippen MR) is 163 cm³/mol. The minimum atomic E-state index is -0.956. The van der Waals surface area contributed by atoms with E-state index in [1.165, 1.54) is 4.88 Å². The molecule has 1 atom stereocenters. The van der Waals surface area contributed by atoms with Crippen LogP contribution < -0.4 is 5.32 Å². The van der Waals surface area contributed by atoms with Gasteiger partial charge in [-0.1, -0.05) is 45.0 Å². The molecule has 0 bridgehead atoms. The summed E-state index contributed by atoms with van der Waals surface area (Å²) in [4.78, 5) is 31.3. The van der Waals surface area contributed by atoms with Crippen LogP contribution in [0.4, 0.5) is 10.7 Å². The fourth-order valence-corrected chi connectivity index (χ4v) is 6.84. The molecule has 206 valence electrons. The van der Waals surface area contributed by atoms with Crippen LogP contribution in [0.15, 0.2) is 65.7 Å². The second-order valence-corrected chi connectivity index (χ2v) is 12.7. The van der Waals surface area contributed by atoms with E-state index in [0.29, 0.717) is 11.5 Å². The summed E-state index contributed by atoms with van der Waals surface area (Å²) in [7, 11) is 0. The van der Waals surface area contributed by atoms with Crippen LogP contribution in [0.1, 0.15) is 75.3 Å². The van der Waals surface area contributed by atoms with Crippen molar-refractivity contribution >= 4 is 40.1 Å². The number of fused-ring (bicyclic) bond motifs is 1. The molecule has 4 aromatic rings. The van der Waals surface area contributed by atoms with E-state index in [9.17, 15) is 14.7 Å². The zero-order valence-electron chi connectivity index (χ0n) is 23.6. The monoisotopic (exact) mass is 553 g/mol. The minimum Gasteiger partial charge on any atom is -0.478 e. The first kappa shape index (κ1) is 27.6. The SMILES string of the molecule is Cc1cc(C=Nc2sc3c(c2C(=O)Nc2ccccc2)CC[C@H](C(C)(C)C)C3)c(C)n1-c1cccc(C(=O)O)c1. The van der Waals surface area contributed by atoms with Crippen LogP contribution in [0.25, 0.3) is 5.69 Å². The number of thiophene rings is 1. The highest BCUT2D eigenvalue weighted by Crippen LogP contribution is 2.45. The average molecular weight is 554 g/mol. The molecule has 0 spiro atoms. The first-order valence-electron chi connectivity index (χ1n) is 13.6. The van der Waals surface area contributed by atoms with Crippen molar-refractivity contribution in [2.45, 2.75) is 53.9 Å². The van der Waals surface area contributed by atoms with Gasteiger partial charge in [-0.15, -0.1) is 11.3 Å². The number of hydrogen-bond acceptors (Lipinski definition) is 4. The van der Waals surface area contributed by atoms with Crippen molar-refractivity contribution in [3.8, 4) is 5.69 Å². The third-order valence-corrected chi connectivity index (χ3v) is 9.03. The van der Waals surface area contributed by atoms with Crippen molar-refractivity contribution in [2.24, 2.45) is 16.3 Å². The third-order valence-electron chi connectivity index (χ3n) is 7.87. The quantitative estimate of drug-likeness (QED) is 0.237. The molecule has 0 saturated heterocycles. The number of amides is 1. The van der Waals surface area contributed by atoms with E-state index in [-0.39, 0.29) is 16.9 Å². The number of nitrogens with one attached hydrogen (secondary N) is 1. The van der Waals surface area contributed by atoms with E-state index < -0.39 is 5.97 Å². The van der Waals surface area contributed by atoms with Gasteiger partial charge in [-0.3, -0.25) is 4.79 Å². The van der Waals surface area contributed by atoms with E-state index >= 15 is 0 Å². The lowest BCUT2D eigenvalue weighted by atomic mass is 9.72. The Hall–Kier alpha value is -3.97. The lowest BCUT2D eigenvalue weighted by Crippen LogP contribution is -2.27. The van der Waals surface area contributed by atoms with Gasteiger partial charge in [0.2, 0.25) is 0 Å². The Morgan fingerprint density at radius 1 is 1.07 bits per heavy atom. The van der Waals surface area contributed by atoms with Crippen LogP contribution in [0.5, 0.6) is 0 Å². The standard InChI is InChI=1S/C33H35N3O3S/c1-20-16-23(21(2)36(20)26-13-9-10-22(17-26)32(38)39)19-34-31-29(30(37)35-25-11-7-6-8-12-25)27-15-14-24(33(3,4)5)18-28(27)40-31/h6-13,16-17,19,24H,14-15,18H2,1-5H3,(H,35,37)(H,38,39)/t24-/m0/s1. The fourth-order valence-electron chi connectivity index (χ4n) is 5.57. The van der Waals surface area contributed by atoms with Crippen molar-refractivity contribution in [3.05, 3.63) is 99.2 Å². The molecule has 1 aliphatic rings. The van der Waals surface area contributed by atoms with E-state index in [1.54, 1.807) is 29.5 Å². The number of aliphatic imine (C=N–C) groups is 1. The van der Waals surface area contributed by atoms with Gasteiger partial charge in [0.05, 0.1) is 11.1 Å². The Morgan fingerprint density at radius 2 is 1.82 bits per heavy atom. The van der Waals surface area contributed by atoms with Gasteiger partial charge in [-0.2, -0.15) is 0 Å². The third kappa shape index (κ3) is 5.52. The van der Waals surface area contributed by atoms with Crippen molar-refractivity contribution in [1.29, 1.82) is 0 Å². The lowest BCUT2D eigenvalue weighted by molar-refractivity contribution is 0.0696. The number of anilines is 1. The highest BCUT2D eigenvalue weighted by atomic mass is 32.1. The van der Waals surface area contributed by atoms with Crippen molar-refractivity contribution in [3.63, 3.8) is 0 Å². The van der Waals surface area contributed by atoms with E-state index in [1.807, 2.05) is 67.1 Å². The van der Waals surface area contributed by atoms with Crippen LogP contribution in [0.3, 0.4) is 0 Å². The number of carboxylic acid groups (broad SMARTS) is 1. The number of carboxylic acids is 1. The maximum absolute atomic E-state index is 13.6. The molecular formula is C33H35N3O3S. The first-order valence-corrected chi connectivity index (χ1v) is 14.4. The number of hydrogen-bond donors (Lipinski definition) is 2. The summed E-state index contributed by atoms with van der Waals surface area (Å²) in [5.74, 6) is -0.523. The zero-order valence-corrected chi connectivity index (χ0v) is 24.4. The molecule has 0 aliphatic heterocycles. The fraction of sp³-hybridized carbons (Fsp3) is 0.303. The van der Waals surface area contributed by atoms with Crippen molar-refractivity contribution in [2.75, 3.05) is 5.32 Å². The van der Waals surface area contributed by atoms with E-state index in [2.05, 4.69) is 26.1 Å². The normalized spacial score (nSPS) is 15.3. The second kappa shape index (κ2) is 10.9. The molecule has 0 unspecified atom stereocenters. The molecule has 0 fully saturated rings. The summed E-state index contributed by atoms with van der Waals surface area (Å²) in [5, 5.41) is 13.2. The summed E-state index contributed by atoms with van der Waals surface area (Å²) in [6.45, 7) is 10.9. The Bertz CT molecular complexity index is 1610. The molecule has 7 heteroatoms. The number of benzene rings is 2. The molecule has 6 nitrogen and oxygen atoms in total. The Balaban J connectivity index is 1.52. The Labute approximate surface area is 239 Å². The topological polar surface area (TPSA) is 83.7 Å². The molecule has 2 N–H and O–H groups in total. The van der Waals surface area contributed by atoms with Gasteiger partial charge >= 0.3 is 5.97 Å². The molecular weight excluding hydrogens is 518 g/mol. The van der Waals surface area contributed by atoms with Gasteiger partial charge in [-0.05, 0) is 86.4 Å². The Morgan fingerprint density at radius 3 is 2.52 bits per heavy atom. The molecule has 2 aromatic heterocycles. The first-order chi connectivity index (χ1) is 19.0. The summed E-state index contributed by atoms with van der Waals surface area (Å²) in [6.07, 6.45) is 4.71. The summed E-state index contributed by atoms with van der Waals surface area (Å²) >= 11 is 1.63. The average Bonchev–Trinajstić information content (AvgIpc) is 3.42. The zero-order chi connectivity index (χ0) is 28.6. The molecule has 1 amide bonds. The number of nitrogens with zero attached hydrogens (tertiary/aromatic N) is 2. The van der Waals surface area contributed by atoms with E-state index in [0.717, 1.165) is 58.2 Å². The largest absolute Gasteiger partial charge is 0.478 e. The molecule has 2 aromatic carbocycles. The number of aromatic carboxylic acids is 1. The predicted octanol–water partition coefficient (Wildman–Crippen LogP) is 8.01. The van der Waals surface area contributed by atoms with Gasteiger partial charge in [0.25, 0.3) is 5.91 Å². The Kier molecular flexibility index (Phi) is 7.51. The van der Waals surface area contributed by atoms with Crippen LogP contribution in [-0.4, -0.2) is 27.8 Å². The minimum absolute atomic E-state index is 0.124. The number of aryl methyl sites for hydroxylation is 1. The van der Waals surface area contributed by atoms with Gasteiger partial charge in [0, 0.05) is 39.4 Å². The van der Waals surface area contributed by atoms with Crippen molar-refractivity contribution < 1.29 is 14.7 Å². The smallest absolute Gasteiger partial charge is 0.335 e. The number of para-hydroxylation sites is 1. The van der Waals surface area contributed by atoms with Crippen LogP contribution >= 0.6 is 11.3 Å². The van der Waals surface area contributed by atoms with Gasteiger partial charge < -0.3 is 15.0 Å². The van der Waals surface area contributed by atoms with E-state index in [4.69, 9.17) is 4.99 Å². The van der Waals surface area contributed by atoms with Gasteiger partial charge in [0.15, 0.2) is 0 Å². The maximum Gasteiger partial charge on any atom is 0.335 e. The molecule has 1 aliphatic carbocycles. The van der Waals surface area contributed by atoms with Crippen LogP contribution in [0, 0.1) is 25.2 Å². The lowest BCUT2D eigenvalue weighted by Gasteiger charge is -2.33. The summed E-state index contributed by atoms with van der Waals surface area (Å²) in [5.41, 5.74) is 6.65. The number of carbonyl (C=O) groups excluding carboxylic acids is 1. The highest BCUT2D eigenvalue weighted by Gasteiger charge is 2.33. The molecule has 0 saturated carbocycles. The molecule has 2 heterocycles. The second-order valence-electron chi connectivity index (χ2n) is 11.6. The summed E-state index contributed by atoms with van der Waals surface area (Å²) in [6, 6.07) is 18.5. The molecule has 5 rings (SSSR count). The number of aromatic nitrogens is 1. The number of carbonyl (C=O) groups is 2. The van der Waals surface area contributed by atoms with Gasteiger partial charge in [0.1, 0.15) is 5.00 Å². The highest BCUT2D eigenvalue weighted by molar-refractivity contribution is 7.16. The van der Waals surface area contributed by atoms with Gasteiger partial charge in [-0.25, -0.2) is 9.79 Å². The number of rotatable bonds is 6. The summed E-state index contributed by atoms with van der Waals surface area (Å²) < 4.78 is 2.03. The molecule has 0 radical (unpaired) electrons. The molecule has 40 heavy (non-hydrogen) atoms. The van der Waals surface area contributed by atoms with Crippen LogP contribution in [0.2, 0.25) is 0 Å². The van der Waals surface area contributed by atoms with Crippen LogP contribution in [-0.2, 0) is 12.8 Å².